The van der Waals surface area contributed by atoms with Crippen LogP contribution in [0.3, 0.4) is 0 Å². The normalized spacial score (nSPS) is 19.3. The lowest BCUT2D eigenvalue weighted by atomic mass is 10.1. The van der Waals surface area contributed by atoms with E-state index >= 15 is 0 Å². The molecule has 0 aliphatic heterocycles. The summed E-state index contributed by atoms with van der Waals surface area (Å²) in [6.07, 6.45) is 5.60. The van der Waals surface area contributed by atoms with Gasteiger partial charge in [0.2, 0.25) is 0 Å². The Kier molecular flexibility index (Phi) is 3.71. The predicted molar refractivity (Wildman–Crippen MR) is 67.2 cm³/mol. The highest BCUT2D eigenvalue weighted by Gasteiger charge is 2.15. The van der Waals surface area contributed by atoms with Gasteiger partial charge in [-0.1, -0.05) is 25.0 Å². The summed E-state index contributed by atoms with van der Waals surface area (Å²) < 4.78 is 0. The lowest BCUT2D eigenvalue weighted by Gasteiger charge is -2.10. The molecule has 1 aromatic rings. The molecule has 2 N–H and O–H groups in total. The van der Waals surface area contributed by atoms with E-state index in [-0.39, 0.29) is 6.04 Å². The van der Waals surface area contributed by atoms with Crippen LogP contribution in [0.4, 0.5) is 0 Å². The van der Waals surface area contributed by atoms with Gasteiger partial charge in [-0.3, -0.25) is 0 Å². The van der Waals surface area contributed by atoms with Gasteiger partial charge in [-0.25, -0.2) is 0 Å². The van der Waals surface area contributed by atoms with Gasteiger partial charge in [0.15, 0.2) is 0 Å². The Morgan fingerprint density at radius 3 is 2.33 bits per heavy atom. The fraction of sp³-hybridized carbons (Fsp3) is 0.538. The lowest BCUT2D eigenvalue weighted by molar-refractivity contribution is 0.816. The minimum absolute atomic E-state index is 0.149. The van der Waals surface area contributed by atoms with Crippen molar-refractivity contribution in [3.8, 4) is 0 Å². The quantitative estimate of drug-likeness (QED) is 0.841. The van der Waals surface area contributed by atoms with Crippen LogP contribution in [-0.2, 0) is 0 Å². The maximum atomic E-state index is 5.82. The van der Waals surface area contributed by atoms with E-state index in [1.165, 1.54) is 36.1 Å². The van der Waals surface area contributed by atoms with Crippen molar-refractivity contribution in [3.63, 3.8) is 0 Å². The third-order valence-corrected chi connectivity index (χ3v) is 4.36. The monoisotopic (exact) mass is 221 g/mol. The van der Waals surface area contributed by atoms with Crippen LogP contribution >= 0.6 is 11.8 Å². The van der Waals surface area contributed by atoms with E-state index < -0.39 is 0 Å². The molecule has 0 unspecified atom stereocenters. The van der Waals surface area contributed by atoms with Gasteiger partial charge in [-0.15, -0.1) is 11.8 Å². The Morgan fingerprint density at radius 2 is 1.80 bits per heavy atom. The Labute approximate surface area is 96.4 Å². The third-order valence-electron chi connectivity index (χ3n) is 3.01. The molecule has 2 rings (SSSR count). The molecule has 1 saturated carbocycles. The highest BCUT2D eigenvalue weighted by atomic mass is 32.2. The van der Waals surface area contributed by atoms with Gasteiger partial charge in [-0.2, -0.15) is 0 Å². The van der Waals surface area contributed by atoms with Crippen LogP contribution in [-0.4, -0.2) is 5.25 Å². The van der Waals surface area contributed by atoms with E-state index in [9.17, 15) is 0 Å². The van der Waals surface area contributed by atoms with Gasteiger partial charge >= 0.3 is 0 Å². The molecular weight excluding hydrogens is 202 g/mol. The number of rotatable bonds is 3. The summed E-state index contributed by atoms with van der Waals surface area (Å²) in [7, 11) is 0. The smallest absolute Gasteiger partial charge is 0.0266 e. The number of hydrogen-bond donors (Lipinski definition) is 1. The molecule has 15 heavy (non-hydrogen) atoms. The van der Waals surface area contributed by atoms with Gasteiger partial charge in [0.25, 0.3) is 0 Å². The van der Waals surface area contributed by atoms with Crippen LogP contribution in [0.15, 0.2) is 29.2 Å². The van der Waals surface area contributed by atoms with E-state index in [2.05, 4.69) is 24.3 Å². The molecule has 2 heteroatoms. The molecule has 0 spiro atoms. The second kappa shape index (κ2) is 5.04. The second-order valence-corrected chi connectivity index (χ2v) is 5.76. The van der Waals surface area contributed by atoms with Crippen molar-refractivity contribution in [2.24, 2.45) is 5.73 Å². The molecule has 1 aliphatic carbocycles. The van der Waals surface area contributed by atoms with E-state index in [0.29, 0.717) is 0 Å². The molecule has 0 radical (unpaired) electrons. The second-order valence-electron chi connectivity index (χ2n) is 4.38. The van der Waals surface area contributed by atoms with Gasteiger partial charge in [0, 0.05) is 16.2 Å². The SMILES string of the molecule is C[C@H](N)c1ccc(SC2CCCC2)cc1. The first-order chi connectivity index (χ1) is 7.25. The van der Waals surface area contributed by atoms with Crippen LogP contribution in [0.1, 0.15) is 44.2 Å². The molecule has 0 aromatic heterocycles. The molecule has 1 fully saturated rings. The van der Waals surface area contributed by atoms with Crippen molar-refractivity contribution < 1.29 is 0 Å². The molecule has 0 heterocycles. The van der Waals surface area contributed by atoms with E-state index in [1.807, 2.05) is 18.7 Å². The molecule has 0 amide bonds. The van der Waals surface area contributed by atoms with Crippen LogP contribution < -0.4 is 5.73 Å². The van der Waals surface area contributed by atoms with Crippen LogP contribution in [0.5, 0.6) is 0 Å². The number of nitrogens with two attached hydrogens (primary N) is 1. The van der Waals surface area contributed by atoms with Crippen molar-refractivity contribution in [2.75, 3.05) is 0 Å². The van der Waals surface area contributed by atoms with Crippen molar-refractivity contribution in [1.82, 2.24) is 0 Å². The third kappa shape index (κ3) is 2.99. The Bertz CT molecular complexity index is 299. The molecule has 1 aliphatic rings. The largest absolute Gasteiger partial charge is 0.324 e. The Balaban J connectivity index is 1.97. The summed E-state index contributed by atoms with van der Waals surface area (Å²) in [6, 6.07) is 8.88. The zero-order valence-corrected chi connectivity index (χ0v) is 10.1. The first-order valence-corrected chi connectivity index (χ1v) is 6.66. The minimum Gasteiger partial charge on any atom is -0.324 e. The maximum Gasteiger partial charge on any atom is 0.0266 e. The average Bonchev–Trinajstić information content (AvgIpc) is 2.71. The fourth-order valence-electron chi connectivity index (χ4n) is 2.05. The first-order valence-electron chi connectivity index (χ1n) is 5.78. The van der Waals surface area contributed by atoms with Crippen LogP contribution in [0.25, 0.3) is 0 Å². The zero-order chi connectivity index (χ0) is 10.7. The summed E-state index contributed by atoms with van der Waals surface area (Å²) in [6.45, 7) is 2.03. The molecule has 0 bridgehead atoms. The minimum atomic E-state index is 0.149. The van der Waals surface area contributed by atoms with Gasteiger partial charge < -0.3 is 5.73 Å². The summed E-state index contributed by atoms with van der Waals surface area (Å²) in [5.74, 6) is 0. The Hall–Kier alpha value is -0.470. The molecule has 1 aromatic carbocycles. The van der Waals surface area contributed by atoms with E-state index in [4.69, 9.17) is 5.73 Å². The van der Waals surface area contributed by atoms with Crippen molar-refractivity contribution >= 4 is 11.8 Å². The predicted octanol–water partition coefficient (Wildman–Crippen LogP) is 3.74. The summed E-state index contributed by atoms with van der Waals surface area (Å²) >= 11 is 2.03. The maximum absolute atomic E-state index is 5.82. The van der Waals surface area contributed by atoms with Gasteiger partial charge in [-0.05, 0) is 37.5 Å². The average molecular weight is 221 g/mol. The van der Waals surface area contributed by atoms with Crippen molar-refractivity contribution in [1.29, 1.82) is 0 Å². The van der Waals surface area contributed by atoms with E-state index in [0.717, 1.165) is 5.25 Å². The van der Waals surface area contributed by atoms with Gasteiger partial charge in [0.05, 0.1) is 0 Å². The molecule has 0 saturated heterocycles. The number of thioether (sulfide) groups is 1. The fourth-order valence-corrected chi connectivity index (χ4v) is 3.30. The molecular formula is C13H19NS. The standard InChI is InChI=1S/C13H19NS/c1-10(14)11-6-8-13(9-7-11)15-12-4-2-3-5-12/h6-10,12H,2-5,14H2,1H3/t10-/m0/s1. The van der Waals surface area contributed by atoms with Crippen molar-refractivity contribution in [3.05, 3.63) is 29.8 Å². The number of hydrogen-bond acceptors (Lipinski definition) is 2. The van der Waals surface area contributed by atoms with Crippen LogP contribution in [0, 0.1) is 0 Å². The summed E-state index contributed by atoms with van der Waals surface area (Å²) in [4.78, 5) is 1.39. The topological polar surface area (TPSA) is 26.0 Å². The highest BCUT2D eigenvalue weighted by Crippen LogP contribution is 2.34. The molecule has 1 nitrogen and oxygen atoms in total. The molecule has 82 valence electrons. The first kappa shape index (κ1) is 11.0. The van der Waals surface area contributed by atoms with Gasteiger partial charge in [0.1, 0.15) is 0 Å². The van der Waals surface area contributed by atoms with E-state index in [1.54, 1.807) is 0 Å². The number of benzene rings is 1. The summed E-state index contributed by atoms with van der Waals surface area (Å²) in [5.41, 5.74) is 7.05. The molecule has 1 atom stereocenters. The zero-order valence-electron chi connectivity index (χ0n) is 9.28. The van der Waals surface area contributed by atoms with Crippen LogP contribution in [0.2, 0.25) is 0 Å². The summed E-state index contributed by atoms with van der Waals surface area (Å²) in [5, 5.41) is 0.853. The lowest BCUT2D eigenvalue weighted by Crippen LogP contribution is -2.04. The van der Waals surface area contributed by atoms with Crippen molar-refractivity contribution in [2.45, 2.75) is 48.8 Å². The highest BCUT2D eigenvalue weighted by molar-refractivity contribution is 8.00. The Morgan fingerprint density at radius 1 is 1.20 bits per heavy atom.